The lowest BCUT2D eigenvalue weighted by molar-refractivity contribution is -0.0629. The third-order valence-electron chi connectivity index (χ3n) is 5.33. The number of benzene rings is 1. The quantitative estimate of drug-likeness (QED) is 0.119. The molecule has 0 saturated heterocycles. The molecule has 0 aliphatic heterocycles. The topological polar surface area (TPSA) is 171 Å². The number of aliphatic hydroxyl groups excluding tert-OH is 3. The molecule has 12 nitrogen and oxygen atoms in total. The molecule has 2 heterocycles. The standard InChI is InChI=1S/C21H27N7O5S/c1-2-8-34-21-23-19(26-22-11-12-4-3-5-13(30)9-12)16-20(24-21)28(27-25-16)14-10-15(33-7-6-29)18(32)17(14)31/h3-5,9,11,14-15,17-18,29-32H,2,6-8,10H2,1H3,(H,23,24,26)/b22-11+/t14-,15+,17+,18-/m1/s1. The van der Waals surface area contributed by atoms with E-state index in [1.165, 1.54) is 22.7 Å². The minimum atomic E-state index is -1.14. The molecule has 0 unspecified atom stereocenters. The number of ether oxygens (including phenoxy) is 1. The average Bonchev–Trinajstić information content (AvgIpc) is 3.37. The molecular weight excluding hydrogens is 462 g/mol. The number of nitrogens with one attached hydrogen (secondary N) is 1. The summed E-state index contributed by atoms with van der Waals surface area (Å²) in [4.78, 5) is 9.11. The molecule has 182 valence electrons. The van der Waals surface area contributed by atoms with Gasteiger partial charge in [0.1, 0.15) is 18.0 Å². The summed E-state index contributed by atoms with van der Waals surface area (Å²) in [6.45, 7) is 1.93. The number of anilines is 1. The smallest absolute Gasteiger partial charge is 0.191 e. The fourth-order valence-corrected chi connectivity index (χ4v) is 4.42. The molecule has 5 N–H and O–H groups in total. The van der Waals surface area contributed by atoms with E-state index in [0.717, 1.165) is 12.2 Å². The maximum absolute atomic E-state index is 10.6. The number of aliphatic hydroxyl groups is 3. The lowest BCUT2D eigenvalue weighted by Crippen LogP contribution is -2.33. The van der Waals surface area contributed by atoms with Gasteiger partial charge in [0.25, 0.3) is 0 Å². The van der Waals surface area contributed by atoms with E-state index in [1.807, 2.05) is 0 Å². The summed E-state index contributed by atoms with van der Waals surface area (Å²) in [5.74, 6) is 1.28. The number of hydrogen-bond donors (Lipinski definition) is 5. The highest BCUT2D eigenvalue weighted by Crippen LogP contribution is 2.35. The van der Waals surface area contributed by atoms with Gasteiger partial charge in [-0.1, -0.05) is 36.0 Å². The summed E-state index contributed by atoms with van der Waals surface area (Å²) in [6, 6.07) is 6.03. The second kappa shape index (κ2) is 11.1. The van der Waals surface area contributed by atoms with Crippen molar-refractivity contribution in [2.75, 3.05) is 24.4 Å². The van der Waals surface area contributed by atoms with Gasteiger partial charge in [-0.25, -0.2) is 14.6 Å². The number of nitrogens with zero attached hydrogens (tertiary/aromatic N) is 6. The van der Waals surface area contributed by atoms with E-state index in [4.69, 9.17) is 9.84 Å². The van der Waals surface area contributed by atoms with Crippen molar-refractivity contribution >= 4 is 35.0 Å². The van der Waals surface area contributed by atoms with Gasteiger partial charge in [0.05, 0.1) is 31.6 Å². The molecule has 0 amide bonds. The van der Waals surface area contributed by atoms with Gasteiger partial charge in [-0.3, -0.25) is 5.43 Å². The largest absolute Gasteiger partial charge is 0.508 e. The van der Waals surface area contributed by atoms with Crippen LogP contribution in [0.5, 0.6) is 5.75 Å². The van der Waals surface area contributed by atoms with Crippen LogP contribution in [0.25, 0.3) is 11.2 Å². The molecular formula is C21H27N7O5S. The van der Waals surface area contributed by atoms with Crippen LogP contribution in [0.3, 0.4) is 0 Å². The molecule has 0 spiro atoms. The van der Waals surface area contributed by atoms with Crippen LogP contribution in [0.15, 0.2) is 34.5 Å². The van der Waals surface area contributed by atoms with Crippen LogP contribution in [0, 0.1) is 0 Å². The van der Waals surface area contributed by atoms with E-state index < -0.39 is 24.4 Å². The van der Waals surface area contributed by atoms with Crippen LogP contribution < -0.4 is 5.43 Å². The molecule has 13 heteroatoms. The Kier molecular flexibility index (Phi) is 7.90. The molecule has 3 aromatic rings. The molecule has 1 fully saturated rings. The van der Waals surface area contributed by atoms with E-state index in [2.05, 4.69) is 37.7 Å². The summed E-state index contributed by atoms with van der Waals surface area (Å²) >= 11 is 1.47. The maximum atomic E-state index is 10.6. The Bertz CT molecular complexity index is 1140. The van der Waals surface area contributed by atoms with Crippen molar-refractivity contribution in [1.29, 1.82) is 0 Å². The van der Waals surface area contributed by atoms with Crippen molar-refractivity contribution in [2.45, 2.75) is 49.3 Å². The Morgan fingerprint density at radius 2 is 2.15 bits per heavy atom. The zero-order valence-corrected chi connectivity index (χ0v) is 19.3. The van der Waals surface area contributed by atoms with Crippen molar-refractivity contribution in [3.8, 4) is 5.75 Å². The van der Waals surface area contributed by atoms with Crippen LogP contribution >= 0.6 is 11.8 Å². The van der Waals surface area contributed by atoms with Crippen molar-refractivity contribution in [2.24, 2.45) is 5.10 Å². The normalized spacial score (nSPS) is 22.7. The van der Waals surface area contributed by atoms with Gasteiger partial charge < -0.3 is 25.2 Å². The summed E-state index contributed by atoms with van der Waals surface area (Å²) in [5, 5.41) is 52.8. The third-order valence-corrected chi connectivity index (χ3v) is 6.38. The van der Waals surface area contributed by atoms with Gasteiger partial charge in [0, 0.05) is 12.2 Å². The molecule has 0 radical (unpaired) electrons. The number of thioether (sulfide) groups is 1. The first-order valence-electron chi connectivity index (χ1n) is 10.9. The zero-order chi connectivity index (χ0) is 24.1. The van der Waals surface area contributed by atoms with Gasteiger partial charge in [0.2, 0.25) is 0 Å². The first-order valence-corrected chi connectivity index (χ1v) is 11.9. The molecule has 4 rings (SSSR count). The minimum Gasteiger partial charge on any atom is -0.508 e. The third kappa shape index (κ3) is 5.28. The van der Waals surface area contributed by atoms with E-state index in [0.29, 0.717) is 27.7 Å². The van der Waals surface area contributed by atoms with Crippen molar-refractivity contribution in [1.82, 2.24) is 25.0 Å². The molecule has 1 saturated carbocycles. The number of rotatable bonds is 10. The first-order chi connectivity index (χ1) is 16.5. The molecule has 1 aliphatic rings. The van der Waals surface area contributed by atoms with E-state index in [9.17, 15) is 15.3 Å². The zero-order valence-electron chi connectivity index (χ0n) is 18.5. The number of hydrogen-bond acceptors (Lipinski definition) is 12. The van der Waals surface area contributed by atoms with E-state index in [-0.39, 0.29) is 25.4 Å². The summed E-state index contributed by atoms with van der Waals surface area (Å²) in [5.41, 5.74) is 4.32. The predicted octanol–water partition coefficient (Wildman–Crippen LogP) is 0.919. The van der Waals surface area contributed by atoms with Crippen molar-refractivity contribution in [3.63, 3.8) is 0 Å². The summed E-state index contributed by atoms with van der Waals surface area (Å²) in [6.07, 6.45) is -0.171. The maximum Gasteiger partial charge on any atom is 0.191 e. The second-order valence-electron chi connectivity index (χ2n) is 7.79. The Balaban J connectivity index is 1.64. The molecule has 34 heavy (non-hydrogen) atoms. The first kappa shape index (κ1) is 24.3. The fraction of sp³-hybridized carbons (Fsp3) is 0.476. The van der Waals surface area contributed by atoms with E-state index in [1.54, 1.807) is 24.3 Å². The van der Waals surface area contributed by atoms with Crippen LogP contribution in [-0.4, -0.2) is 88.9 Å². The Labute approximate surface area is 199 Å². The van der Waals surface area contributed by atoms with Crippen molar-refractivity contribution in [3.05, 3.63) is 29.8 Å². The number of aromatic nitrogens is 5. The van der Waals surface area contributed by atoms with Gasteiger partial charge in [-0.2, -0.15) is 5.10 Å². The molecule has 2 aromatic heterocycles. The number of aromatic hydroxyl groups is 1. The molecule has 1 aliphatic carbocycles. The monoisotopic (exact) mass is 489 g/mol. The lowest BCUT2D eigenvalue weighted by atomic mass is 10.2. The van der Waals surface area contributed by atoms with Crippen LogP contribution in [0.2, 0.25) is 0 Å². The highest BCUT2D eigenvalue weighted by atomic mass is 32.2. The van der Waals surface area contributed by atoms with Crippen LogP contribution in [0.4, 0.5) is 5.82 Å². The van der Waals surface area contributed by atoms with Gasteiger partial charge >= 0.3 is 0 Å². The number of fused-ring (bicyclic) bond motifs is 1. The Morgan fingerprint density at radius 1 is 1.29 bits per heavy atom. The number of hydrazone groups is 1. The fourth-order valence-electron chi connectivity index (χ4n) is 3.72. The summed E-state index contributed by atoms with van der Waals surface area (Å²) < 4.78 is 6.95. The van der Waals surface area contributed by atoms with Gasteiger partial charge in [0.15, 0.2) is 22.1 Å². The van der Waals surface area contributed by atoms with E-state index >= 15 is 0 Å². The number of phenolic OH excluding ortho intramolecular Hbond substituents is 1. The second-order valence-corrected chi connectivity index (χ2v) is 8.85. The van der Waals surface area contributed by atoms with Crippen LogP contribution in [0.1, 0.15) is 31.4 Å². The highest BCUT2D eigenvalue weighted by molar-refractivity contribution is 7.99. The SMILES string of the molecule is CCCSc1nc(N/N=C/c2cccc(O)c2)c2nnn([C@@H]3C[C@H](OCCO)[C@@H](O)[C@H]3O)c2n1. The highest BCUT2D eigenvalue weighted by Gasteiger charge is 2.44. The average molecular weight is 490 g/mol. The predicted molar refractivity (Wildman–Crippen MR) is 126 cm³/mol. The number of phenols is 1. The van der Waals surface area contributed by atoms with Crippen LogP contribution in [-0.2, 0) is 4.74 Å². The summed E-state index contributed by atoms with van der Waals surface area (Å²) in [7, 11) is 0. The molecule has 0 bridgehead atoms. The van der Waals surface area contributed by atoms with Gasteiger partial charge in [-0.15, -0.1) is 5.10 Å². The lowest BCUT2D eigenvalue weighted by Gasteiger charge is -2.17. The van der Waals surface area contributed by atoms with Gasteiger partial charge in [-0.05, 0) is 24.1 Å². The Hall–Kier alpha value is -2.84. The Morgan fingerprint density at radius 3 is 2.91 bits per heavy atom. The molecule has 4 atom stereocenters. The molecule has 1 aromatic carbocycles. The minimum absolute atomic E-state index is 0.0600. The van der Waals surface area contributed by atoms with Crippen molar-refractivity contribution < 1.29 is 25.2 Å².